The van der Waals surface area contributed by atoms with Crippen LogP contribution in [0.4, 0.5) is 0 Å². The zero-order valence-corrected chi connectivity index (χ0v) is 16.2. The Hall–Kier alpha value is -2.54. The third kappa shape index (κ3) is 4.98. The van der Waals surface area contributed by atoms with E-state index >= 15 is 0 Å². The van der Waals surface area contributed by atoms with Crippen LogP contribution in [0.15, 0.2) is 77.3 Å². The van der Waals surface area contributed by atoms with E-state index in [1.807, 2.05) is 66.7 Å². The predicted octanol–water partition coefficient (Wildman–Crippen LogP) is 6.75. The third-order valence-corrected chi connectivity index (χ3v) is 4.53. The van der Waals surface area contributed by atoms with Gasteiger partial charge < -0.3 is 4.74 Å². The van der Waals surface area contributed by atoms with E-state index in [4.69, 9.17) is 16.3 Å². The average molecular weight is 425 g/mol. The van der Waals surface area contributed by atoms with Gasteiger partial charge in [-0.15, -0.1) is 0 Å². The number of benzene rings is 3. The summed E-state index contributed by atoms with van der Waals surface area (Å²) in [5.74, 6) is 0.784. The minimum absolute atomic E-state index is 0.508. The second-order valence-electron chi connectivity index (χ2n) is 5.66. The highest BCUT2D eigenvalue weighted by Crippen LogP contribution is 2.22. The molecule has 3 aromatic rings. The summed E-state index contributed by atoms with van der Waals surface area (Å²) in [6.45, 7) is 0.508. The topological polar surface area (TPSA) is 33.0 Å². The average Bonchev–Trinajstić information content (AvgIpc) is 2.66. The van der Waals surface area contributed by atoms with Crippen LogP contribution in [-0.2, 0) is 6.61 Å². The number of hydrogen-bond donors (Lipinski definition) is 0. The first kappa shape index (κ1) is 18.3. The summed E-state index contributed by atoms with van der Waals surface area (Å²) in [6, 6.07) is 25.2. The van der Waals surface area contributed by atoms with Gasteiger partial charge >= 0.3 is 0 Å². The summed E-state index contributed by atoms with van der Waals surface area (Å²) in [4.78, 5) is 0. The van der Waals surface area contributed by atoms with Crippen molar-refractivity contribution >= 4 is 39.2 Å². The summed E-state index contributed by atoms with van der Waals surface area (Å²) in [5, 5.41) is 10.0. The Morgan fingerprint density at radius 1 is 1.04 bits per heavy atom. The van der Waals surface area contributed by atoms with E-state index < -0.39 is 0 Å². The molecule has 0 radical (unpaired) electrons. The van der Waals surface area contributed by atoms with Crippen LogP contribution in [-0.4, -0.2) is 0 Å². The van der Waals surface area contributed by atoms with E-state index in [9.17, 15) is 5.26 Å². The molecule has 0 bridgehead atoms. The Morgan fingerprint density at radius 2 is 1.77 bits per heavy atom. The molecule has 0 saturated carbocycles. The van der Waals surface area contributed by atoms with Crippen LogP contribution in [0.25, 0.3) is 11.6 Å². The number of rotatable bonds is 5. The molecule has 4 heteroatoms. The molecule has 2 nitrogen and oxygen atoms in total. The maximum absolute atomic E-state index is 9.43. The molecule has 26 heavy (non-hydrogen) atoms. The Labute approximate surface area is 166 Å². The van der Waals surface area contributed by atoms with Crippen molar-refractivity contribution in [3.8, 4) is 11.8 Å². The maximum atomic E-state index is 9.43. The van der Waals surface area contributed by atoms with E-state index in [0.717, 1.165) is 26.9 Å². The van der Waals surface area contributed by atoms with Crippen LogP contribution in [0.3, 0.4) is 0 Å². The molecule has 0 aliphatic carbocycles. The van der Waals surface area contributed by atoms with E-state index in [1.165, 1.54) is 0 Å². The van der Waals surface area contributed by atoms with Crippen molar-refractivity contribution in [2.24, 2.45) is 0 Å². The van der Waals surface area contributed by atoms with Crippen molar-refractivity contribution in [1.82, 2.24) is 0 Å². The van der Waals surface area contributed by atoms with Crippen molar-refractivity contribution in [3.63, 3.8) is 0 Å². The maximum Gasteiger partial charge on any atom is 0.119 e. The third-order valence-electron chi connectivity index (χ3n) is 3.77. The molecule has 0 spiro atoms. The minimum atomic E-state index is 0.508. The van der Waals surface area contributed by atoms with Crippen LogP contribution < -0.4 is 4.74 Å². The standard InChI is InChI=1S/C22H15BrClNO/c23-20-8-4-17(5-9-20)15-26-22-10-6-16(7-11-22)12-19(14-25)18-2-1-3-21(24)13-18/h1-13H,15H2/b19-12-. The fourth-order valence-corrected chi connectivity index (χ4v) is 2.87. The molecule has 0 aliphatic rings. The number of allylic oxidation sites excluding steroid dienone is 1. The lowest BCUT2D eigenvalue weighted by Crippen LogP contribution is -1.94. The number of nitriles is 1. The van der Waals surface area contributed by atoms with Crippen LogP contribution in [0.1, 0.15) is 16.7 Å². The second-order valence-corrected chi connectivity index (χ2v) is 7.02. The van der Waals surface area contributed by atoms with E-state index in [0.29, 0.717) is 17.2 Å². The molecule has 0 aliphatic heterocycles. The Bertz CT molecular complexity index is 957. The van der Waals surface area contributed by atoms with Gasteiger partial charge in [0.25, 0.3) is 0 Å². The monoisotopic (exact) mass is 423 g/mol. The van der Waals surface area contributed by atoms with Gasteiger partial charge in [0.2, 0.25) is 0 Å². The Balaban J connectivity index is 1.70. The molecule has 128 valence electrons. The van der Waals surface area contributed by atoms with Crippen molar-refractivity contribution in [1.29, 1.82) is 5.26 Å². The van der Waals surface area contributed by atoms with Crippen molar-refractivity contribution in [3.05, 3.63) is 99.0 Å². The number of halogens is 2. The summed E-state index contributed by atoms with van der Waals surface area (Å²) in [5.41, 5.74) is 3.40. The van der Waals surface area contributed by atoms with Gasteiger partial charge in [-0.1, -0.05) is 63.9 Å². The van der Waals surface area contributed by atoms with Crippen LogP contribution >= 0.6 is 27.5 Å². The second kappa shape index (κ2) is 8.71. The molecule has 0 unspecified atom stereocenters. The molecule has 0 atom stereocenters. The van der Waals surface area contributed by atoms with Crippen molar-refractivity contribution in [2.75, 3.05) is 0 Å². The lowest BCUT2D eigenvalue weighted by Gasteiger charge is -2.07. The zero-order chi connectivity index (χ0) is 18.4. The van der Waals surface area contributed by atoms with E-state index in [2.05, 4.69) is 22.0 Å². The highest BCUT2D eigenvalue weighted by atomic mass is 79.9. The van der Waals surface area contributed by atoms with Crippen LogP contribution in [0, 0.1) is 11.3 Å². The molecular formula is C22H15BrClNO. The first-order valence-electron chi connectivity index (χ1n) is 7.99. The normalized spacial score (nSPS) is 11.0. The molecule has 0 fully saturated rings. The highest BCUT2D eigenvalue weighted by Gasteiger charge is 2.03. The summed E-state index contributed by atoms with van der Waals surface area (Å²) in [7, 11) is 0. The molecular weight excluding hydrogens is 410 g/mol. The minimum Gasteiger partial charge on any atom is -0.489 e. The lowest BCUT2D eigenvalue weighted by molar-refractivity contribution is 0.306. The summed E-state index contributed by atoms with van der Waals surface area (Å²) >= 11 is 9.43. The molecule has 3 aromatic carbocycles. The fraction of sp³-hybridized carbons (Fsp3) is 0.0455. The SMILES string of the molecule is N#C/C(=C/c1ccc(OCc2ccc(Br)cc2)cc1)c1cccc(Cl)c1. The van der Waals surface area contributed by atoms with Gasteiger partial charge in [0.05, 0.1) is 11.6 Å². The smallest absolute Gasteiger partial charge is 0.119 e. The van der Waals surface area contributed by atoms with Gasteiger partial charge in [-0.05, 0) is 59.2 Å². The van der Waals surface area contributed by atoms with Gasteiger partial charge in [0, 0.05) is 9.50 Å². The van der Waals surface area contributed by atoms with E-state index in [1.54, 1.807) is 12.1 Å². The highest BCUT2D eigenvalue weighted by molar-refractivity contribution is 9.10. The predicted molar refractivity (Wildman–Crippen MR) is 110 cm³/mol. The van der Waals surface area contributed by atoms with Crippen LogP contribution in [0.2, 0.25) is 5.02 Å². The molecule has 3 rings (SSSR count). The quantitative estimate of drug-likeness (QED) is 0.335. The van der Waals surface area contributed by atoms with Crippen LogP contribution in [0.5, 0.6) is 5.75 Å². The lowest BCUT2D eigenvalue weighted by atomic mass is 10.0. The Morgan fingerprint density at radius 3 is 2.42 bits per heavy atom. The molecule has 0 heterocycles. The number of ether oxygens (including phenoxy) is 1. The van der Waals surface area contributed by atoms with Gasteiger partial charge in [-0.3, -0.25) is 0 Å². The first-order valence-corrected chi connectivity index (χ1v) is 9.16. The number of hydrogen-bond acceptors (Lipinski definition) is 2. The van der Waals surface area contributed by atoms with Crippen molar-refractivity contribution < 1.29 is 4.74 Å². The molecule has 0 saturated heterocycles. The summed E-state index contributed by atoms with van der Waals surface area (Å²) in [6.07, 6.45) is 1.84. The fourth-order valence-electron chi connectivity index (χ4n) is 2.41. The van der Waals surface area contributed by atoms with Crippen molar-refractivity contribution in [2.45, 2.75) is 6.61 Å². The Kier molecular flexibility index (Phi) is 6.12. The van der Waals surface area contributed by atoms with E-state index in [-0.39, 0.29) is 0 Å². The van der Waals surface area contributed by atoms with Gasteiger partial charge in [0.1, 0.15) is 12.4 Å². The molecule has 0 aromatic heterocycles. The van der Waals surface area contributed by atoms with Gasteiger partial charge in [-0.2, -0.15) is 5.26 Å². The summed E-state index contributed by atoms with van der Waals surface area (Å²) < 4.78 is 6.85. The first-order chi connectivity index (χ1) is 12.6. The largest absolute Gasteiger partial charge is 0.489 e. The van der Waals surface area contributed by atoms with Gasteiger partial charge in [-0.25, -0.2) is 0 Å². The number of nitrogens with zero attached hydrogens (tertiary/aromatic N) is 1. The molecule has 0 amide bonds. The van der Waals surface area contributed by atoms with Gasteiger partial charge in [0.15, 0.2) is 0 Å². The molecule has 0 N–H and O–H groups in total. The zero-order valence-electron chi connectivity index (χ0n) is 13.8.